The Balaban J connectivity index is 2.68. The monoisotopic (exact) mass is 284 g/mol. The minimum atomic E-state index is -0.146. The predicted octanol–water partition coefficient (Wildman–Crippen LogP) is 2.02. The highest BCUT2D eigenvalue weighted by molar-refractivity contribution is 9.10. The van der Waals surface area contributed by atoms with E-state index < -0.39 is 0 Å². The van der Waals surface area contributed by atoms with Gasteiger partial charge in [-0.3, -0.25) is 4.79 Å². The van der Waals surface area contributed by atoms with Gasteiger partial charge in [-0.15, -0.1) is 0 Å². The van der Waals surface area contributed by atoms with Gasteiger partial charge in [-0.1, -0.05) is 34.1 Å². The number of hydrogen-bond donors (Lipinski definition) is 1. The van der Waals surface area contributed by atoms with Crippen molar-refractivity contribution >= 4 is 21.8 Å². The molecule has 1 aromatic rings. The molecule has 1 rings (SSSR count). The molecule has 3 nitrogen and oxygen atoms in total. The van der Waals surface area contributed by atoms with E-state index in [1.54, 1.807) is 11.9 Å². The van der Waals surface area contributed by atoms with Gasteiger partial charge in [0.2, 0.25) is 5.91 Å². The average molecular weight is 285 g/mol. The highest BCUT2D eigenvalue weighted by Crippen LogP contribution is 2.17. The summed E-state index contributed by atoms with van der Waals surface area (Å²) in [7, 11) is 3.60. The van der Waals surface area contributed by atoms with Crippen LogP contribution in [-0.4, -0.2) is 30.9 Å². The van der Waals surface area contributed by atoms with Crippen LogP contribution in [0.4, 0.5) is 0 Å². The second-order valence-corrected chi connectivity index (χ2v) is 4.65. The van der Waals surface area contributed by atoms with Crippen LogP contribution in [0.5, 0.6) is 0 Å². The van der Waals surface area contributed by atoms with Gasteiger partial charge in [-0.2, -0.15) is 0 Å². The maximum atomic E-state index is 11.8. The number of nitrogens with one attached hydrogen (secondary N) is 1. The van der Waals surface area contributed by atoms with Crippen LogP contribution in [0, 0.1) is 0 Å². The largest absolute Gasteiger partial charge is 0.340 e. The first kappa shape index (κ1) is 13.2. The van der Waals surface area contributed by atoms with E-state index >= 15 is 0 Å². The molecule has 4 heteroatoms. The summed E-state index contributed by atoms with van der Waals surface area (Å²) in [5.74, 6) is 0.0956. The summed E-state index contributed by atoms with van der Waals surface area (Å²) in [6.07, 6.45) is 0. The fourth-order valence-electron chi connectivity index (χ4n) is 1.41. The van der Waals surface area contributed by atoms with Crippen LogP contribution >= 0.6 is 15.9 Å². The second kappa shape index (κ2) is 6.01. The number of carbonyl (C=O) groups excluding carboxylic acids is 1. The Labute approximate surface area is 105 Å². The van der Waals surface area contributed by atoms with Gasteiger partial charge in [0.05, 0.1) is 6.04 Å². The van der Waals surface area contributed by atoms with Crippen LogP contribution in [0.1, 0.15) is 12.5 Å². The molecule has 0 bridgehead atoms. The third kappa shape index (κ3) is 3.32. The zero-order valence-corrected chi connectivity index (χ0v) is 11.4. The van der Waals surface area contributed by atoms with Crippen LogP contribution < -0.4 is 5.32 Å². The maximum absolute atomic E-state index is 11.8. The maximum Gasteiger partial charge on any atom is 0.239 e. The van der Waals surface area contributed by atoms with Crippen LogP contribution in [0.25, 0.3) is 0 Å². The lowest BCUT2D eigenvalue weighted by Crippen LogP contribution is -2.41. The zero-order chi connectivity index (χ0) is 12.1. The molecule has 0 aliphatic carbocycles. The molecule has 1 atom stereocenters. The lowest BCUT2D eigenvalue weighted by atomic mass is 10.2. The van der Waals surface area contributed by atoms with Crippen molar-refractivity contribution in [1.82, 2.24) is 10.2 Å². The number of amides is 1. The summed E-state index contributed by atoms with van der Waals surface area (Å²) in [5.41, 5.74) is 1.11. The molecule has 1 unspecified atom stereocenters. The molecular weight excluding hydrogens is 268 g/mol. The second-order valence-electron chi connectivity index (χ2n) is 3.80. The van der Waals surface area contributed by atoms with Crippen LogP contribution in [0.15, 0.2) is 28.7 Å². The van der Waals surface area contributed by atoms with Gasteiger partial charge in [-0.25, -0.2) is 0 Å². The highest BCUT2D eigenvalue weighted by atomic mass is 79.9. The minimum Gasteiger partial charge on any atom is -0.340 e. The molecule has 0 saturated carbocycles. The molecule has 1 aromatic carbocycles. The Hall–Kier alpha value is -0.870. The van der Waals surface area contributed by atoms with Crippen LogP contribution in [0.2, 0.25) is 0 Å². The fourth-order valence-corrected chi connectivity index (χ4v) is 1.82. The van der Waals surface area contributed by atoms with Crippen LogP contribution in [-0.2, 0) is 11.3 Å². The van der Waals surface area contributed by atoms with Crippen molar-refractivity contribution in [3.8, 4) is 0 Å². The van der Waals surface area contributed by atoms with Crippen molar-refractivity contribution in [3.05, 3.63) is 34.3 Å². The molecule has 0 aliphatic rings. The van der Waals surface area contributed by atoms with Crippen molar-refractivity contribution < 1.29 is 4.79 Å². The molecule has 0 saturated heterocycles. The Morgan fingerprint density at radius 1 is 1.50 bits per heavy atom. The van der Waals surface area contributed by atoms with Crippen molar-refractivity contribution in [2.45, 2.75) is 19.5 Å². The number of rotatable bonds is 4. The topological polar surface area (TPSA) is 32.3 Å². The highest BCUT2D eigenvalue weighted by Gasteiger charge is 2.16. The van der Waals surface area contributed by atoms with E-state index in [1.807, 2.05) is 38.2 Å². The SMILES string of the molecule is CNC(C)C(=O)N(C)Cc1ccccc1Br. The lowest BCUT2D eigenvalue weighted by Gasteiger charge is -2.21. The molecule has 0 aromatic heterocycles. The first-order chi connectivity index (χ1) is 7.56. The first-order valence-electron chi connectivity index (χ1n) is 5.22. The number of carbonyl (C=O) groups is 1. The third-order valence-electron chi connectivity index (χ3n) is 2.55. The van der Waals surface area contributed by atoms with E-state index in [4.69, 9.17) is 0 Å². The Morgan fingerprint density at radius 2 is 2.12 bits per heavy atom. The van der Waals surface area contributed by atoms with Gasteiger partial charge in [0.25, 0.3) is 0 Å². The molecule has 0 radical (unpaired) electrons. The van der Waals surface area contributed by atoms with Gasteiger partial charge in [0, 0.05) is 18.1 Å². The van der Waals surface area contributed by atoms with Gasteiger partial charge >= 0.3 is 0 Å². The summed E-state index contributed by atoms with van der Waals surface area (Å²) in [5, 5.41) is 2.94. The molecule has 1 N–H and O–H groups in total. The molecule has 0 aliphatic heterocycles. The summed E-state index contributed by atoms with van der Waals surface area (Å²) in [4.78, 5) is 13.6. The fraction of sp³-hybridized carbons (Fsp3) is 0.417. The lowest BCUT2D eigenvalue weighted by molar-refractivity contribution is -0.132. The normalized spacial score (nSPS) is 12.2. The number of nitrogens with zero attached hydrogens (tertiary/aromatic N) is 1. The summed E-state index contributed by atoms with van der Waals surface area (Å²) in [6, 6.07) is 7.78. The van der Waals surface area contributed by atoms with E-state index in [0.29, 0.717) is 6.54 Å². The van der Waals surface area contributed by atoms with Gasteiger partial charge in [0.15, 0.2) is 0 Å². The van der Waals surface area contributed by atoms with Gasteiger partial charge < -0.3 is 10.2 Å². The molecular formula is C12H17BrN2O. The molecule has 88 valence electrons. The Kier molecular flexibility index (Phi) is 4.96. The van der Waals surface area contributed by atoms with E-state index in [9.17, 15) is 4.79 Å². The van der Waals surface area contributed by atoms with Crippen LogP contribution in [0.3, 0.4) is 0 Å². The minimum absolute atomic E-state index is 0.0956. The van der Waals surface area contributed by atoms with Crippen molar-refractivity contribution in [2.24, 2.45) is 0 Å². The van der Waals surface area contributed by atoms with E-state index in [2.05, 4.69) is 21.2 Å². The number of halogens is 1. The van der Waals surface area contributed by atoms with Gasteiger partial charge in [-0.05, 0) is 25.6 Å². The smallest absolute Gasteiger partial charge is 0.239 e. The predicted molar refractivity (Wildman–Crippen MR) is 69.1 cm³/mol. The molecule has 0 spiro atoms. The van der Waals surface area contributed by atoms with E-state index in [-0.39, 0.29) is 11.9 Å². The molecule has 16 heavy (non-hydrogen) atoms. The van der Waals surface area contributed by atoms with Crippen molar-refractivity contribution in [2.75, 3.05) is 14.1 Å². The quantitative estimate of drug-likeness (QED) is 0.918. The number of likely N-dealkylation sites (N-methyl/N-ethyl adjacent to an activating group) is 2. The number of hydrogen-bond acceptors (Lipinski definition) is 2. The van der Waals surface area contributed by atoms with Gasteiger partial charge in [0.1, 0.15) is 0 Å². The Bertz CT molecular complexity index is 368. The molecule has 0 fully saturated rings. The summed E-state index contributed by atoms with van der Waals surface area (Å²) < 4.78 is 1.03. The summed E-state index contributed by atoms with van der Waals surface area (Å²) >= 11 is 3.47. The first-order valence-corrected chi connectivity index (χ1v) is 6.01. The third-order valence-corrected chi connectivity index (χ3v) is 3.32. The zero-order valence-electron chi connectivity index (χ0n) is 9.83. The standard InChI is InChI=1S/C12H17BrN2O/c1-9(14-2)12(16)15(3)8-10-6-4-5-7-11(10)13/h4-7,9,14H,8H2,1-3H3. The molecule has 1 amide bonds. The molecule has 0 heterocycles. The summed E-state index contributed by atoms with van der Waals surface area (Å²) in [6.45, 7) is 2.48. The van der Waals surface area contributed by atoms with E-state index in [1.165, 1.54) is 0 Å². The Morgan fingerprint density at radius 3 is 2.69 bits per heavy atom. The van der Waals surface area contributed by atoms with Crippen molar-refractivity contribution in [3.63, 3.8) is 0 Å². The van der Waals surface area contributed by atoms with E-state index in [0.717, 1.165) is 10.0 Å². The van der Waals surface area contributed by atoms with Crippen molar-refractivity contribution in [1.29, 1.82) is 0 Å². The average Bonchev–Trinajstić information content (AvgIpc) is 2.30. The number of benzene rings is 1.